The Labute approximate surface area is 419 Å². The van der Waals surface area contributed by atoms with Gasteiger partial charge in [0.2, 0.25) is 0 Å². The van der Waals surface area contributed by atoms with Gasteiger partial charge < -0.3 is 9.30 Å². The van der Waals surface area contributed by atoms with E-state index in [4.69, 9.17) is 17.9 Å². The zero-order valence-electron chi connectivity index (χ0n) is 47.3. The molecule has 0 radical (unpaired) electrons. The van der Waals surface area contributed by atoms with Crippen molar-refractivity contribution in [3.8, 4) is 50.9 Å². The molecule has 3 aromatic heterocycles. The summed E-state index contributed by atoms with van der Waals surface area (Å²) >= 11 is -2.03. The van der Waals surface area contributed by atoms with E-state index in [0.717, 1.165) is 62.1 Å². The molecule has 0 bridgehead atoms. The molecule has 1 saturated heterocycles. The molecule has 11 rings (SSSR count). The summed E-state index contributed by atoms with van der Waals surface area (Å²) < 4.78 is 102. The van der Waals surface area contributed by atoms with Crippen molar-refractivity contribution in [2.24, 2.45) is 0 Å². The second-order valence-electron chi connectivity index (χ2n) is 18.8. The van der Waals surface area contributed by atoms with Crippen LogP contribution in [0.4, 0.5) is 0 Å². The minimum absolute atomic E-state index is 0. The van der Waals surface area contributed by atoms with Crippen LogP contribution < -0.4 is 9.30 Å². The number of nitrogens with zero attached hydrogens (tertiary/aromatic N) is 4. The Kier molecular flexibility index (Phi) is 8.95. The second-order valence-corrected chi connectivity index (χ2v) is 29.9. The summed E-state index contributed by atoms with van der Waals surface area (Å²) in [4.78, 5) is 4.82. The van der Waals surface area contributed by atoms with Gasteiger partial charge in [0.25, 0.3) is 0 Å². The van der Waals surface area contributed by atoms with Crippen LogP contribution in [0.2, 0.25) is 22.0 Å². The monoisotopic (exact) mass is 1110 g/mol. The van der Waals surface area contributed by atoms with Gasteiger partial charge in [0.05, 0.1) is 0 Å². The van der Waals surface area contributed by atoms with Crippen molar-refractivity contribution in [1.29, 1.82) is 0 Å². The first kappa shape index (κ1) is 33.5. The molecule has 0 atom stereocenters. The molecule has 4 heterocycles. The predicted molar refractivity (Wildman–Crippen MR) is 269 cm³/mol. The molecule has 1 aliphatic heterocycles. The molecule has 66 heavy (non-hydrogen) atoms. The normalized spacial score (nSPS) is 16.3. The predicted octanol–water partition coefficient (Wildman–Crippen LogP) is 14.8. The van der Waals surface area contributed by atoms with Crippen LogP contribution >= 0.6 is 0 Å². The molecule has 0 aliphatic carbocycles. The Bertz CT molecular complexity index is 3840. The van der Waals surface area contributed by atoms with Crippen molar-refractivity contribution in [2.75, 3.05) is 0 Å². The van der Waals surface area contributed by atoms with Gasteiger partial charge in [-0.15, -0.1) is 23.6 Å². The summed E-state index contributed by atoms with van der Waals surface area (Å²) in [5, 5.41) is 4.22. The van der Waals surface area contributed by atoms with Gasteiger partial charge in [0, 0.05) is 44.3 Å². The third-order valence-electron chi connectivity index (χ3n) is 12.9. The van der Waals surface area contributed by atoms with Crippen LogP contribution in [0.25, 0.3) is 72.3 Å². The molecule has 10 aromatic rings. The number of hydrogen-bond donors (Lipinski definition) is 0. The average molecular weight is 1110 g/mol. The van der Waals surface area contributed by atoms with Gasteiger partial charge in [0.15, 0.2) is 0 Å². The van der Waals surface area contributed by atoms with E-state index in [9.17, 15) is 5.48 Å². The van der Waals surface area contributed by atoms with Gasteiger partial charge in [0.1, 0.15) is 5.82 Å². The first-order valence-corrected chi connectivity index (χ1v) is 29.3. The number of ether oxygens (including phenoxy) is 1. The van der Waals surface area contributed by atoms with Gasteiger partial charge in [-0.25, -0.2) is 4.98 Å². The Balaban J connectivity index is 0.00000657. The quantitative estimate of drug-likeness (QED) is 0.0864. The molecule has 330 valence electrons. The van der Waals surface area contributed by atoms with Crippen molar-refractivity contribution in [3.05, 3.63) is 199 Å². The Morgan fingerprint density at radius 3 is 2.06 bits per heavy atom. The first-order valence-electron chi connectivity index (χ1n) is 27.1. The van der Waals surface area contributed by atoms with Crippen LogP contribution in [0.15, 0.2) is 170 Å². The van der Waals surface area contributed by atoms with Crippen molar-refractivity contribution < 1.29 is 44.1 Å². The molecule has 7 aromatic carbocycles. The van der Waals surface area contributed by atoms with Crippen molar-refractivity contribution >= 4 is 46.1 Å². The molecule has 0 unspecified atom stereocenters. The van der Waals surface area contributed by atoms with Crippen molar-refractivity contribution in [3.63, 3.8) is 0 Å². The molecule has 0 amide bonds. The maximum Gasteiger partial charge on any atom is 0 e. The van der Waals surface area contributed by atoms with E-state index in [1.807, 2.05) is 85.1 Å². The SMILES string of the molecule is [2H]c1c([2H])c([2H])c(-c2cc(C3C[CH2][Ge]([CH3])([CH3])[CH2]C3)cc(-c3c([2H])c([2H])c([2H])c([2H])c3[2H])c2-[n+]2[c-]n(-c3[c-]c(Oc4[c-]c5c(cc4)c4ccccc4n5-c4cc(C(C)(C)C)ccn4)ccc3)c3ccccc32)c([2H])c1[2H].[Pt]. The summed E-state index contributed by atoms with van der Waals surface area (Å²) in [7, 11) is 0. The molecule has 1 fully saturated rings. The smallest absolute Gasteiger partial charge is 0 e. The van der Waals surface area contributed by atoms with E-state index < -0.39 is 73.7 Å². The Morgan fingerprint density at radius 1 is 0.712 bits per heavy atom. The Morgan fingerprint density at radius 2 is 1.36 bits per heavy atom. The second kappa shape index (κ2) is 17.7. The molecule has 5 nitrogen and oxygen atoms in total. The fourth-order valence-electron chi connectivity index (χ4n) is 9.34. The van der Waals surface area contributed by atoms with Crippen LogP contribution in [0.1, 0.15) is 64.4 Å². The summed E-state index contributed by atoms with van der Waals surface area (Å²) in [5.41, 5.74) is 5.89. The van der Waals surface area contributed by atoms with Crippen molar-refractivity contribution in [1.82, 2.24) is 14.1 Å². The number of rotatable bonds is 8. The van der Waals surface area contributed by atoms with Crippen LogP contribution in [-0.4, -0.2) is 27.4 Å². The van der Waals surface area contributed by atoms with Crippen LogP contribution in [0.5, 0.6) is 11.5 Å². The molecule has 0 saturated carbocycles. The third-order valence-corrected chi connectivity index (χ3v) is 19.8. The van der Waals surface area contributed by atoms with Gasteiger partial charge in [-0.05, 0) is 34.6 Å². The van der Waals surface area contributed by atoms with Gasteiger partial charge in [-0.2, -0.15) is 12.1 Å². The molecule has 1 aliphatic rings. The summed E-state index contributed by atoms with van der Waals surface area (Å²) in [6.07, 6.45) is 7.09. The topological polar surface area (TPSA) is 35.9 Å². The molecular formula is C59H52GeN4OPt-2. The van der Waals surface area contributed by atoms with Crippen molar-refractivity contribution in [2.45, 2.75) is 67.0 Å². The molecule has 0 N–H and O–H groups in total. The largest absolute Gasteiger partial charge is 0 e. The summed E-state index contributed by atoms with van der Waals surface area (Å²) in [6, 6.07) is 35.1. The first-order chi connectivity index (χ1) is 35.7. The molecule has 7 heteroatoms. The van der Waals surface area contributed by atoms with Gasteiger partial charge >= 0.3 is 242 Å². The number of imidazole rings is 1. The average Bonchev–Trinajstić information content (AvgIpc) is 4.04. The standard InChI is InChI=1S/C59H52GeN4O.Pt/c1-59(2,3)45-31-34-61-57(37-45)64-53-24-13-12-23-49(53)50-28-27-48(39-56(50)64)65-47-22-16-21-46(38-47)62-40-63(55-26-15-14-25-54(55)62)58-51(42-17-8-6-9-18-42)35-44(41-29-32-60(4,5)33-30-41)36-52(58)43-19-10-7-11-20-43;/h6-28,31,34-37,41H,29-30,32-33H2,1-5H3;/q-2;/i6D,7D,8D,9D,10D,11D,17D,18D,19D,20D;. The zero-order chi connectivity index (χ0) is 53.0. The Hall–Kier alpha value is -6.01. The number of hydrogen-bond acceptors (Lipinski definition) is 2. The van der Waals surface area contributed by atoms with Crippen LogP contribution in [0.3, 0.4) is 0 Å². The maximum absolute atomic E-state index is 9.36. The van der Waals surface area contributed by atoms with E-state index in [-0.39, 0.29) is 60.3 Å². The summed E-state index contributed by atoms with van der Waals surface area (Å²) in [6.45, 7) is 6.53. The van der Waals surface area contributed by atoms with Gasteiger partial charge in [-0.1, -0.05) is 44.5 Å². The van der Waals surface area contributed by atoms with E-state index >= 15 is 0 Å². The maximum atomic E-state index is 9.36. The van der Waals surface area contributed by atoms with Gasteiger partial charge in [-0.3, -0.25) is 0 Å². The van der Waals surface area contributed by atoms with Crippen LogP contribution in [-0.2, 0) is 26.5 Å². The van der Waals surface area contributed by atoms with E-state index in [0.29, 0.717) is 28.2 Å². The summed E-state index contributed by atoms with van der Waals surface area (Å²) in [5.74, 6) is 6.43. The number of aromatic nitrogens is 4. The van der Waals surface area contributed by atoms with E-state index in [2.05, 4.69) is 73.5 Å². The van der Waals surface area contributed by atoms with E-state index in [1.54, 1.807) is 15.2 Å². The number of pyridine rings is 1. The third kappa shape index (κ3) is 8.26. The number of benzene rings is 7. The number of fused-ring (bicyclic) bond motifs is 4. The van der Waals surface area contributed by atoms with E-state index in [1.165, 1.54) is 0 Å². The zero-order valence-corrected chi connectivity index (χ0v) is 41.7. The molecule has 0 spiro atoms. The molecular weight excluding hydrogens is 1050 g/mol. The minimum Gasteiger partial charge on any atom is 0 e. The number of para-hydroxylation sites is 3. The minimum atomic E-state index is -2.03. The fraction of sp³-hybridized carbons (Fsp3) is 0.186. The van der Waals surface area contributed by atoms with Crippen LogP contribution in [0, 0.1) is 18.5 Å². The fourth-order valence-corrected chi connectivity index (χ4v) is 14.6.